The van der Waals surface area contributed by atoms with Crippen molar-refractivity contribution in [2.75, 3.05) is 11.5 Å². The number of thioether (sulfide) groups is 1. The van der Waals surface area contributed by atoms with E-state index in [2.05, 4.69) is 41.5 Å². The summed E-state index contributed by atoms with van der Waals surface area (Å²) >= 11 is 2.04. The third kappa shape index (κ3) is 8.55. The highest BCUT2D eigenvalue weighted by molar-refractivity contribution is 7.99. The lowest BCUT2D eigenvalue weighted by molar-refractivity contribution is -0.438. The van der Waals surface area contributed by atoms with Crippen LogP contribution in [0.25, 0.3) is 0 Å². The molecule has 1 aromatic carbocycles. The first-order valence-corrected chi connectivity index (χ1v) is 10.6. The molecule has 2 nitrogen and oxygen atoms in total. The number of fused-ring (bicyclic) bond motifs is 1. The highest BCUT2D eigenvalue weighted by Crippen LogP contribution is 2.23. The van der Waals surface area contributed by atoms with Crippen molar-refractivity contribution in [3.63, 3.8) is 0 Å². The van der Waals surface area contributed by atoms with Crippen LogP contribution in [0, 0.1) is 0 Å². The average molecular weight is 369 g/mol. The van der Waals surface area contributed by atoms with Crippen LogP contribution in [-0.2, 0) is 0 Å². The van der Waals surface area contributed by atoms with E-state index >= 15 is 0 Å². The predicted octanol–water partition coefficient (Wildman–Crippen LogP) is 2.58. The van der Waals surface area contributed by atoms with E-state index in [1.165, 1.54) is 81.5 Å². The third-order valence-corrected chi connectivity index (χ3v) is 5.49. The Kier molecular flexibility index (Phi) is 12.3. The molecule has 1 heterocycles. The predicted molar refractivity (Wildman–Crippen MR) is 104 cm³/mol. The molecule has 24 heavy (non-hydrogen) atoms. The summed E-state index contributed by atoms with van der Waals surface area (Å²) in [6, 6.07) is 8.41. The molecular weight excluding hydrogens is 336 g/mol. The summed E-state index contributed by atoms with van der Waals surface area (Å²) in [6.45, 7) is 2.29. The molecule has 1 aliphatic heterocycles. The van der Waals surface area contributed by atoms with Gasteiger partial charge < -0.3 is 12.4 Å². The van der Waals surface area contributed by atoms with Crippen LogP contribution < -0.4 is 17.7 Å². The Morgan fingerprint density at radius 3 is 2.17 bits per heavy atom. The van der Waals surface area contributed by atoms with Gasteiger partial charge in [-0.15, -0.1) is 11.8 Å². The number of para-hydroxylation sites is 2. The first kappa shape index (κ1) is 21.5. The zero-order valence-electron chi connectivity index (χ0n) is 15.1. The van der Waals surface area contributed by atoms with Crippen LogP contribution in [0.3, 0.4) is 0 Å². The highest BCUT2D eigenvalue weighted by Gasteiger charge is 2.17. The van der Waals surface area contributed by atoms with E-state index in [9.17, 15) is 0 Å². The van der Waals surface area contributed by atoms with Gasteiger partial charge in [-0.05, 0) is 18.2 Å². The molecule has 2 N–H and O–H groups in total. The number of unbranched alkanes of at least 4 members (excludes halogenated alkanes) is 9. The quantitative estimate of drug-likeness (QED) is 0.421. The van der Waals surface area contributed by atoms with Crippen molar-refractivity contribution in [1.82, 2.24) is 0 Å². The minimum absolute atomic E-state index is 0. The molecule has 136 valence electrons. The average Bonchev–Trinajstić information content (AvgIpc) is 2.98. The van der Waals surface area contributed by atoms with Crippen LogP contribution in [0.5, 0.6) is 0 Å². The lowest BCUT2D eigenvalue weighted by Gasteiger charge is -2.02. The van der Waals surface area contributed by atoms with E-state index in [4.69, 9.17) is 0 Å². The molecule has 0 aromatic heterocycles. The Balaban J connectivity index is 0.00000288. The second-order valence-electron chi connectivity index (χ2n) is 6.54. The van der Waals surface area contributed by atoms with Crippen molar-refractivity contribution in [2.45, 2.75) is 71.1 Å². The van der Waals surface area contributed by atoms with Gasteiger partial charge in [-0.2, -0.15) is 4.99 Å². The Bertz CT molecular complexity index is 476. The number of hydrogen-bond donors (Lipinski definition) is 1. The molecule has 0 spiro atoms. The lowest BCUT2D eigenvalue weighted by atomic mass is 10.1. The first-order valence-electron chi connectivity index (χ1n) is 9.49. The Morgan fingerprint density at radius 2 is 1.50 bits per heavy atom. The number of aliphatic imine (C=N–C) groups is 1. The Labute approximate surface area is 158 Å². The number of nitrogens with zero attached hydrogens (tertiary/aromatic N) is 1. The molecule has 0 amide bonds. The summed E-state index contributed by atoms with van der Waals surface area (Å²) in [5.74, 6) is 3.58. The van der Waals surface area contributed by atoms with Gasteiger partial charge >= 0.3 is 0 Å². The largest absolute Gasteiger partial charge is 1.00 e. The van der Waals surface area contributed by atoms with E-state index < -0.39 is 0 Å². The van der Waals surface area contributed by atoms with E-state index in [1.807, 2.05) is 11.8 Å². The zero-order valence-corrected chi connectivity index (χ0v) is 16.7. The molecule has 4 heteroatoms. The van der Waals surface area contributed by atoms with Gasteiger partial charge in [-0.25, -0.2) is 0 Å². The van der Waals surface area contributed by atoms with Gasteiger partial charge in [-0.3, -0.25) is 5.32 Å². The molecule has 1 aromatic rings. The molecule has 0 atom stereocenters. The second kappa shape index (κ2) is 13.7. The second-order valence-corrected chi connectivity index (χ2v) is 7.65. The third-order valence-electron chi connectivity index (χ3n) is 4.42. The number of quaternary nitrogens is 1. The maximum Gasteiger partial charge on any atom is 0.215 e. The molecule has 1 aliphatic rings. The van der Waals surface area contributed by atoms with Gasteiger partial charge in [0.2, 0.25) is 5.84 Å². The smallest absolute Gasteiger partial charge is 0.215 e. The maximum atomic E-state index is 4.68. The summed E-state index contributed by atoms with van der Waals surface area (Å²) in [4.78, 5) is 4.68. The van der Waals surface area contributed by atoms with Crippen LogP contribution in [-0.4, -0.2) is 17.3 Å². The summed E-state index contributed by atoms with van der Waals surface area (Å²) in [7, 11) is 0. The molecule has 0 fully saturated rings. The minimum Gasteiger partial charge on any atom is -1.00 e. The highest BCUT2D eigenvalue weighted by atomic mass is 35.5. The fourth-order valence-corrected chi connectivity index (χ4v) is 3.93. The fraction of sp³-hybridized carbons (Fsp3) is 0.650. The number of hydrogen-bond acceptors (Lipinski definition) is 2. The monoisotopic (exact) mass is 368 g/mol. The van der Waals surface area contributed by atoms with Crippen molar-refractivity contribution in [3.05, 3.63) is 24.3 Å². The number of amidine groups is 1. The van der Waals surface area contributed by atoms with E-state index in [1.54, 1.807) is 0 Å². The Hall–Kier alpha value is -0.510. The molecule has 0 radical (unpaired) electrons. The van der Waals surface area contributed by atoms with Crippen LogP contribution in [0.4, 0.5) is 11.4 Å². The van der Waals surface area contributed by atoms with Gasteiger partial charge in [0.15, 0.2) is 5.69 Å². The lowest BCUT2D eigenvalue weighted by Crippen LogP contribution is -3.00. The fourth-order valence-electron chi connectivity index (χ4n) is 3.02. The van der Waals surface area contributed by atoms with Crippen molar-refractivity contribution < 1.29 is 17.7 Å². The van der Waals surface area contributed by atoms with Crippen molar-refractivity contribution >= 4 is 29.0 Å². The summed E-state index contributed by atoms with van der Waals surface area (Å²) in [5, 5.41) is 2.24. The standard InChI is InChI=1S/C20H32N2S.ClH/c1-2-3-4-5-6-7-8-9-10-13-16-23-17-20-21-18-14-11-12-15-19(18)22-20;/h11-12,14-15H,2-10,13,16-17H2,1H3,(H,21,22);1H. The topological polar surface area (TPSA) is 29.0 Å². The van der Waals surface area contributed by atoms with Crippen LogP contribution >= 0.6 is 11.8 Å². The van der Waals surface area contributed by atoms with Crippen molar-refractivity contribution in [3.8, 4) is 0 Å². The minimum atomic E-state index is 0. The maximum absolute atomic E-state index is 4.68. The van der Waals surface area contributed by atoms with E-state index in [0.29, 0.717) is 0 Å². The van der Waals surface area contributed by atoms with Gasteiger partial charge in [0.1, 0.15) is 5.69 Å². The van der Waals surface area contributed by atoms with Gasteiger partial charge in [0.05, 0.1) is 5.75 Å². The molecule has 2 rings (SSSR count). The molecule has 0 saturated heterocycles. The van der Waals surface area contributed by atoms with Crippen LogP contribution in [0.2, 0.25) is 0 Å². The van der Waals surface area contributed by atoms with E-state index in [0.717, 1.165) is 11.4 Å². The SMILES string of the molecule is CCCCCCCCCCCCSCC1=Nc2ccccc2[NH2+]1.[Cl-]. The summed E-state index contributed by atoms with van der Waals surface area (Å²) in [5.41, 5.74) is 2.42. The van der Waals surface area contributed by atoms with E-state index in [-0.39, 0.29) is 12.4 Å². The molecule has 0 saturated carbocycles. The van der Waals surface area contributed by atoms with Crippen molar-refractivity contribution in [1.29, 1.82) is 0 Å². The van der Waals surface area contributed by atoms with Crippen LogP contribution in [0.1, 0.15) is 71.1 Å². The first-order chi connectivity index (χ1) is 11.4. The number of benzene rings is 1. The number of rotatable bonds is 13. The van der Waals surface area contributed by atoms with Gasteiger partial charge in [-0.1, -0.05) is 76.8 Å². The molecule has 0 unspecified atom stereocenters. The van der Waals surface area contributed by atoms with Crippen molar-refractivity contribution in [2.24, 2.45) is 4.99 Å². The normalized spacial score (nSPS) is 12.6. The number of halogens is 1. The summed E-state index contributed by atoms with van der Waals surface area (Å²) < 4.78 is 0. The molecular formula is C20H33ClN2S. The zero-order chi connectivity index (χ0) is 16.2. The molecule has 0 aliphatic carbocycles. The Morgan fingerprint density at radius 1 is 0.875 bits per heavy atom. The van der Waals surface area contributed by atoms with Gasteiger partial charge in [0.25, 0.3) is 0 Å². The molecule has 0 bridgehead atoms. The summed E-state index contributed by atoms with van der Waals surface area (Å²) in [6.07, 6.45) is 14.2. The van der Waals surface area contributed by atoms with Gasteiger partial charge in [0, 0.05) is 6.07 Å². The van der Waals surface area contributed by atoms with Crippen LogP contribution in [0.15, 0.2) is 29.3 Å². The number of nitrogens with two attached hydrogens (primary N) is 1.